The van der Waals surface area contributed by atoms with Crippen molar-refractivity contribution in [3.05, 3.63) is 52.1 Å². The standard InChI is InChI=1S/C13H12Cl2N2O/c1-18-13-9(4-3-7-16-13)8-17-11-6-2-5-10(14)12(11)15/h2-7,17H,8H2,1H3. The molecule has 5 heteroatoms. The van der Waals surface area contributed by atoms with Crippen LogP contribution < -0.4 is 10.1 Å². The van der Waals surface area contributed by atoms with Gasteiger partial charge in [0.05, 0.1) is 22.8 Å². The first-order valence-electron chi connectivity index (χ1n) is 5.38. The molecule has 0 atom stereocenters. The molecule has 1 aromatic heterocycles. The molecular weight excluding hydrogens is 271 g/mol. The summed E-state index contributed by atoms with van der Waals surface area (Å²) >= 11 is 12.0. The molecule has 0 unspecified atom stereocenters. The van der Waals surface area contributed by atoms with Crippen LogP contribution in [0.5, 0.6) is 5.88 Å². The maximum absolute atomic E-state index is 6.09. The molecule has 18 heavy (non-hydrogen) atoms. The van der Waals surface area contributed by atoms with E-state index in [4.69, 9.17) is 27.9 Å². The maximum Gasteiger partial charge on any atom is 0.218 e. The van der Waals surface area contributed by atoms with E-state index in [1.54, 1.807) is 19.4 Å². The molecule has 2 rings (SSSR count). The minimum absolute atomic E-state index is 0.516. The van der Waals surface area contributed by atoms with Gasteiger partial charge in [-0.3, -0.25) is 0 Å². The number of hydrogen-bond donors (Lipinski definition) is 1. The largest absolute Gasteiger partial charge is 0.481 e. The van der Waals surface area contributed by atoms with Crippen LogP contribution >= 0.6 is 23.2 Å². The number of nitrogens with one attached hydrogen (secondary N) is 1. The normalized spacial score (nSPS) is 10.2. The molecule has 0 fully saturated rings. The van der Waals surface area contributed by atoms with E-state index in [9.17, 15) is 0 Å². The Balaban J connectivity index is 2.14. The van der Waals surface area contributed by atoms with Crippen LogP contribution in [0.15, 0.2) is 36.5 Å². The van der Waals surface area contributed by atoms with Gasteiger partial charge in [0, 0.05) is 18.3 Å². The molecule has 1 heterocycles. The Bertz CT molecular complexity index is 546. The summed E-state index contributed by atoms with van der Waals surface area (Å²) in [6, 6.07) is 9.27. The zero-order valence-corrected chi connectivity index (χ0v) is 11.3. The molecule has 0 amide bonds. The summed E-state index contributed by atoms with van der Waals surface area (Å²) in [6.45, 7) is 0.567. The monoisotopic (exact) mass is 282 g/mol. The maximum atomic E-state index is 6.09. The molecule has 0 spiro atoms. The molecule has 0 saturated carbocycles. The van der Waals surface area contributed by atoms with Crippen molar-refractivity contribution in [1.82, 2.24) is 4.98 Å². The highest BCUT2D eigenvalue weighted by atomic mass is 35.5. The van der Waals surface area contributed by atoms with Gasteiger partial charge in [0.15, 0.2) is 0 Å². The number of methoxy groups -OCH3 is 1. The molecule has 1 N–H and O–H groups in total. The number of benzene rings is 1. The van der Waals surface area contributed by atoms with Crippen LogP contribution in [-0.2, 0) is 6.54 Å². The van der Waals surface area contributed by atoms with Crippen molar-refractivity contribution in [2.75, 3.05) is 12.4 Å². The second-order valence-corrected chi connectivity index (χ2v) is 4.41. The third-order valence-electron chi connectivity index (χ3n) is 2.46. The molecule has 0 aliphatic carbocycles. The lowest BCUT2D eigenvalue weighted by Gasteiger charge is -2.11. The molecule has 1 aromatic carbocycles. The van der Waals surface area contributed by atoms with Gasteiger partial charge in [0.2, 0.25) is 5.88 Å². The fraction of sp³-hybridized carbons (Fsp3) is 0.154. The smallest absolute Gasteiger partial charge is 0.218 e. The zero-order valence-electron chi connectivity index (χ0n) is 9.78. The lowest BCUT2D eigenvalue weighted by atomic mass is 10.2. The first-order valence-corrected chi connectivity index (χ1v) is 6.13. The van der Waals surface area contributed by atoms with Gasteiger partial charge >= 0.3 is 0 Å². The number of halogens is 2. The van der Waals surface area contributed by atoms with Crippen molar-refractivity contribution < 1.29 is 4.74 Å². The van der Waals surface area contributed by atoms with Crippen molar-refractivity contribution in [2.24, 2.45) is 0 Å². The van der Waals surface area contributed by atoms with E-state index in [0.717, 1.165) is 11.3 Å². The summed E-state index contributed by atoms with van der Waals surface area (Å²) in [5.74, 6) is 0.600. The van der Waals surface area contributed by atoms with Gasteiger partial charge in [0.25, 0.3) is 0 Å². The van der Waals surface area contributed by atoms with Crippen molar-refractivity contribution in [1.29, 1.82) is 0 Å². The molecule has 0 radical (unpaired) electrons. The van der Waals surface area contributed by atoms with E-state index >= 15 is 0 Å². The van der Waals surface area contributed by atoms with Crippen LogP contribution in [0, 0.1) is 0 Å². The molecule has 0 saturated heterocycles. The average Bonchev–Trinajstić information content (AvgIpc) is 2.41. The molecule has 3 nitrogen and oxygen atoms in total. The Labute approximate surface area is 116 Å². The number of anilines is 1. The van der Waals surface area contributed by atoms with Crippen molar-refractivity contribution >= 4 is 28.9 Å². The molecular formula is C13H12Cl2N2O. The van der Waals surface area contributed by atoms with Gasteiger partial charge in [-0.15, -0.1) is 0 Å². The van der Waals surface area contributed by atoms with Crippen LogP contribution in [0.3, 0.4) is 0 Å². The lowest BCUT2D eigenvalue weighted by molar-refractivity contribution is 0.393. The zero-order chi connectivity index (χ0) is 13.0. The number of aromatic nitrogens is 1. The highest BCUT2D eigenvalue weighted by molar-refractivity contribution is 6.43. The van der Waals surface area contributed by atoms with E-state index in [0.29, 0.717) is 22.5 Å². The van der Waals surface area contributed by atoms with Crippen LogP contribution in [-0.4, -0.2) is 12.1 Å². The molecule has 2 aromatic rings. The van der Waals surface area contributed by atoms with E-state index in [1.807, 2.05) is 24.3 Å². The van der Waals surface area contributed by atoms with E-state index in [1.165, 1.54) is 0 Å². The Morgan fingerprint density at radius 2 is 2.06 bits per heavy atom. The van der Waals surface area contributed by atoms with Crippen molar-refractivity contribution in [2.45, 2.75) is 6.54 Å². The summed E-state index contributed by atoms with van der Waals surface area (Å²) in [6.07, 6.45) is 1.69. The first kappa shape index (κ1) is 13.0. The van der Waals surface area contributed by atoms with Gasteiger partial charge in [0.1, 0.15) is 0 Å². The summed E-state index contributed by atoms with van der Waals surface area (Å²) in [5.41, 5.74) is 1.74. The molecule has 0 aliphatic rings. The predicted octanol–water partition coefficient (Wildman–Crippen LogP) is 4.01. The Hall–Kier alpha value is -1.45. The molecule has 94 valence electrons. The summed E-state index contributed by atoms with van der Waals surface area (Å²) in [4.78, 5) is 4.13. The van der Waals surface area contributed by atoms with Gasteiger partial charge in [-0.25, -0.2) is 4.98 Å². The van der Waals surface area contributed by atoms with Crippen LogP contribution in [0.1, 0.15) is 5.56 Å². The Morgan fingerprint density at radius 1 is 1.22 bits per heavy atom. The van der Waals surface area contributed by atoms with E-state index < -0.39 is 0 Å². The van der Waals surface area contributed by atoms with Gasteiger partial charge in [-0.2, -0.15) is 0 Å². The quantitative estimate of drug-likeness (QED) is 0.920. The third-order valence-corrected chi connectivity index (χ3v) is 3.28. The number of hydrogen-bond acceptors (Lipinski definition) is 3. The molecule has 0 bridgehead atoms. The van der Waals surface area contributed by atoms with E-state index in [-0.39, 0.29) is 0 Å². The summed E-state index contributed by atoms with van der Waals surface area (Å²) in [5, 5.41) is 4.25. The fourth-order valence-corrected chi connectivity index (χ4v) is 1.94. The molecule has 0 aliphatic heterocycles. The number of nitrogens with zero attached hydrogens (tertiary/aromatic N) is 1. The van der Waals surface area contributed by atoms with Crippen LogP contribution in [0.4, 0.5) is 5.69 Å². The first-order chi connectivity index (χ1) is 8.72. The summed E-state index contributed by atoms with van der Waals surface area (Å²) < 4.78 is 5.18. The third kappa shape index (κ3) is 2.86. The van der Waals surface area contributed by atoms with E-state index in [2.05, 4.69) is 10.3 Å². The number of ether oxygens (including phenoxy) is 1. The van der Waals surface area contributed by atoms with Crippen molar-refractivity contribution in [3.8, 4) is 5.88 Å². The number of rotatable bonds is 4. The lowest BCUT2D eigenvalue weighted by Crippen LogP contribution is -2.03. The highest BCUT2D eigenvalue weighted by Crippen LogP contribution is 2.30. The SMILES string of the molecule is COc1ncccc1CNc1cccc(Cl)c1Cl. The van der Waals surface area contributed by atoms with Gasteiger partial charge < -0.3 is 10.1 Å². The Morgan fingerprint density at radius 3 is 2.83 bits per heavy atom. The van der Waals surface area contributed by atoms with Gasteiger partial charge in [-0.05, 0) is 18.2 Å². The topological polar surface area (TPSA) is 34.1 Å². The second-order valence-electron chi connectivity index (χ2n) is 3.63. The predicted molar refractivity (Wildman–Crippen MR) is 74.6 cm³/mol. The highest BCUT2D eigenvalue weighted by Gasteiger charge is 2.06. The number of pyridine rings is 1. The minimum atomic E-state index is 0.516. The Kier molecular flexibility index (Phi) is 4.28. The minimum Gasteiger partial charge on any atom is -0.481 e. The van der Waals surface area contributed by atoms with Crippen LogP contribution in [0.2, 0.25) is 10.0 Å². The summed E-state index contributed by atoms with van der Waals surface area (Å²) in [7, 11) is 1.60. The average molecular weight is 283 g/mol. The van der Waals surface area contributed by atoms with Crippen molar-refractivity contribution in [3.63, 3.8) is 0 Å². The van der Waals surface area contributed by atoms with Gasteiger partial charge in [-0.1, -0.05) is 35.3 Å². The van der Waals surface area contributed by atoms with Crippen LogP contribution in [0.25, 0.3) is 0 Å². The second kappa shape index (κ2) is 5.94. The fourth-order valence-electron chi connectivity index (χ4n) is 1.57.